The molecule has 1 aromatic rings. The van der Waals surface area contributed by atoms with Crippen molar-refractivity contribution < 1.29 is 66.9 Å². The number of rotatable bonds is 20. The molecule has 1 unspecified atom stereocenters. The van der Waals surface area contributed by atoms with Crippen molar-refractivity contribution in [1.29, 1.82) is 0 Å². The number of hydrogen-bond donors (Lipinski definition) is 2. The Morgan fingerprint density at radius 2 is 1.41 bits per heavy atom. The number of amides is 1. The van der Waals surface area contributed by atoms with Crippen molar-refractivity contribution in [2.45, 2.75) is 71.2 Å². The van der Waals surface area contributed by atoms with Gasteiger partial charge in [0.1, 0.15) is 18.8 Å². The number of aliphatic hydroxyl groups excluding tert-OH is 1. The first-order chi connectivity index (χ1) is 21.1. The van der Waals surface area contributed by atoms with Gasteiger partial charge in [0, 0.05) is 27.7 Å². The van der Waals surface area contributed by atoms with Gasteiger partial charge in [-0.3, -0.25) is 19.2 Å². The lowest BCUT2D eigenvalue weighted by Crippen LogP contribution is -2.66. The van der Waals surface area contributed by atoms with E-state index in [0.717, 1.165) is 19.4 Å². The standard InChI is InChI=1S/C29H43NO14/c1-19(31)30-26-28(43-22(4)34)27(42-21(3)33)24(17-40-20(2)32)44-29(26)39-15-14-37-11-10-36-12-13-38-18-25(35)41-16-23-8-6-5-7-9-23/h5-9,24-29,35H,10-18H2,1-4H3,(H,30,31)/t24-,25?,26-,27+,28-,29-/m1/s1. The second-order valence-electron chi connectivity index (χ2n) is 9.64. The minimum atomic E-state index is -1.20. The van der Waals surface area contributed by atoms with Crippen molar-refractivity contribution in [3.63, 3.8) is 0 Å². The van der Waals surface area contributed by atoms with Crippen LogP contribution in [-0.4, -0.2) is 119 Å². The molecule has 1 fully saturated rings. The van der Waals surface area contributed by atoms with Crippen LogP contribution in [0.25, 0.3) is 0 Å². The van der Waals surface area contributed by atoms with Crippen molar-refractivity contribution in [3.05, 3.63) is 35.9 Å². The summed E-state index contributed by atoms with van der Waals surface area (Å²) in [4.78, 5) is 47.1. The van der Waals surface area contributed by atoms with Crippen LogP contribution in [0.15, 0.2) is 30.3 Å². The van der Waals surface area contributed by atoms with Gasteiger partial charge in [-0.05, 0) is 5.56 Å². The third-order valence-electron chi connectivity index (χ3n) is 5.87. The van der Waals surface area contributed by atoms with Crippen LogP contribution in [0, 0.1) is 0 Å². The van der Waals surface area contributed by atoms with Crippen molar-refractivity contribution in [1.82, 2.24) is 5.32 Å². The molecule has 1 saturated heterocycles. The topological polar surface area (TPSA) is 184 Å². The van der Waals surface area contributed by atoms with E-state index in [9.17, 15) is 24.3 Å². The molecule has 0 spiro atoms. The molecule has 6 atom stereocenters. The van der Waals surface area contributed by atoms with Gasteiger partial charge in [-0.1, -0.05) is 30.3 Å². The first kappa shape index (κ1) is 37.0. The Hall–Kier alpha value is -3.18. The van der Waals surface area contributed by atoms with E-state index >= 15 is 0 Å². The molecule has 1 heterocycles. The first-order valence-corrected chi connectivity index (χ1v) is 14.2. The molecule has 1 aliphatic heterocycles. The fraction of sp³-hybridized carbons (Fsp3) is 0.655. The molecule has 0 saturated carbocycles. The average Bonchev–Trinajstić information content (AvgIpc) is 2.96. The lowest BCUT2D eigenvalue weighted by molar-refractivity contribution is -0.279. The highest BCUT2D eigenvalue weighted by Gasteiger charge is 2.51. The van der Waals surface area contributed by atoms with Gasteiger partial charge in [0.25, 0.3) is 0 Å². The van der Waals surface area contributed by atoms with Crippen LogP contribution in [0.1, 0.15) is 33.3 Å². The van der Waals surface area contributed by atoms with E-state index in [4.69, 9.17) is 42.6 Å². The number of carbonyl (C=O) groups excluding carboxylic acids is 4. The van der Waals surface area contributed by atoms with E-state index in [1.807, 2.05) is 30.3 Å². The molecule has 0 bridgehead atoms. The molecule has 248 valence electrons. The second-order valence-corrected chi connectivity index (χ2v) is 9.64. The monoisotopic (exact) mass is 629 g/mol. The van der Waals surface area contributed by atoms with E-state index in [2.05, 4.69) is 5.32 Å². The van der Waals surface area contributed by atoms with Gasteiger partial charge in [-0.15, -0.1) is 0 Å². The highest BCUT2D eigenvalue weighted by atomic mass is 16.7. The molecule has 0 aromatic heterocycles. The number of benzene rings is 1. The fourth-order valence-corrected chi connectivity index (χ4v) is 4.10. The molecule has 1 aromatic carbocycles. The molecule has 15 heteroatoms. The van der Waals surface area contributed by atoms with Crippen molar-refractivity contribution in [2.75, 3.05) is 52.9 Å². The summed E-state index contributed by atoms with van der Waals surface area (Å²) < 4.78 is 49.1. The van der Waals surface area contributed by atoms with Gasteiger partial charge in [0.15, 0.2) is 24.8 Å². The average molecular weight is 630 g/mol. The minimum Gasteiger partial charge on any atom is -0.463 e. The third-order valence-corrected chi connectivity index (χ3v) is 5.87. The summed E-state index contributed by atoms with van der Waals surface area (Å²) >= 11 is 0. The zero-order chi connectivity index (χ0) is 32.3. The Morgan fingerprint density at radius 1 is 0.818 bits per heavy atom. The molecule has 15 nitrogen and oxygen atoms in total. The highest BCUT2D eigenvalue weighted by Crippen LogP contribution is 2.28. The molecule has 0 aliphatic carbocycles. The smallest absolute Gasteiger partial charge is 0.303 e. The molecule has 2 N–H and O–H groups in total. The summed E-state index contributed by atoms with van der Waals surface area (Å²) in [6, 6.07) is 8.42. The lowest BCUT2D eigenvalue weighted by atomic mass is 9.96. The van der Waals surface area contributed by atoms with Gasteiger partial charge in [-0.2, -0.15) is 0 Å². The first-order valence-electron chi connectivity index (χ1n) is 14.2. The number of hydrogen-bond acceptors (Lipinski definition) is 14. The van der Waals surface area contributed by atoms with Gasteiger partial charge in [0.05, 0.1) is 52.9 Å². The van der Waals surface area contributed by atoms with Crippen LogP contribution in [-0.2, 0) is 68.4 Å². The van der Waals surface area contributed by atoms with Gasteiger partial charge < -0.3 is 53.1 Å². The van der Waals surface area contributed by atoms with Crippen molar-refractivity contribution in [2.24, 2.45) is 0 Å². The maximum atomic E-state index is 12.0. The van der Waals surface area contributed by atoms with Crippen LogP contribution < -0.4 is 5.32 Å². The van der Waals surface area contributed by atoms with Crippen LogP contribution in [0.3, 0.4) is 0 Å². The molecule has 44 heavy (non-hydrogen) atoms. The number of esters is 3. The lowest BCUT2D eigenvalue weighted by Gasteiger charge is -2.44. The largest absolute Gasteiger partial charge is 0.463 e. The molecule has 2 rings (SSSR count). The van der Waals surface area contributed by atoms with E-state index < -0.39 is 60.7 Å². The number of ether oxygens (including phenoxy) is 9. The van der Waals surface area contributed by atoms with E-state index in [-0.39, 0.29) is 59.5 Å². The highest BCUT2D eigenvalue weighted by molar-refractivity contribution is 5.73. The van der Waals surface area contributed by atoms with Gasteiger partial charge >= 0.3 is 17.9 Å². The molecular formula is C29H43NO14. The van der Waals surface area contributed by atoms with Crippen LogP contribution in [0.5, 0.6) is 0 Å². The minimum absolute atomic E-state index is 0.00835. The van der Waals surface area contributed by atoms with E-state index in [0.29, 0.717) is 0 Å². The fourth-order valence-electron chi connectivity index (χ4n) is 4.10. The zero-order valence-corrected chi connectivity index (χ0v) is 25.5. The third kappa shape index (κ3) is 15.0. The molecular weight excluding hydrogens is 586 g/mol. The normalized spacial score (nSPS) is 22.1. The number of aliphatic hydroxyl groups is 1. The number of nitrogens with one attached hydrogen (secondary N) is 1. The predicted molar refractivity (Wildman–Crippen MR) is 150 cm³/mol. The summed E-state index contributed by atoms with van der Waals surface area (Å²) in [7, 11) is 0. The quantitative estimate of drug-likeness (QED) is 0.0866. The van der Waals surface area contributed by atoms with Crippen LogP contribution in [0.2, 0.25) is 0 Å². The Morgan fingerprint density at radius 3 is 2.00 bits per heavy atom. The molecule has 1 aliphatic rings. The van der Waals surface area contributed by atoms with Crippen LogP contribution >= 0.6 is 0 Å². The second kappa shape index (κ2) is 20.7. The summed E-state index contributed by atoms with van der Waals surface area (Å²) in [5, 5.41) is 12.5. The summed E-state index contributed by atoms with van der Waals surface area (Å²) in [6.45, 7) is 5.92. The Balaban J connectivity index is 1.74. The zero-order valence-electron chi connectivity index (χ0n) is 25.5. The van der Waals surface area contributed by atoms with Crippen LogP contribution in [0.4, 0.5) is 0 Å². The summed E-state index contributed by atoms with van der Waals surface area (Å²) in [5.74, 6) is -2.47. The summed E-state index contributed by atoms with van der Waals surface area (Å²) in [5.41, 5.74) is 0.946. The Bertz CT molecular complexity index is 1010. The van der Waals surface area contributed by atoms with Gasteiger partial charge in [0.2, 0.25) is 5.91 Å². The van der Waals surface area contributed by atoms with Crippen molar-refractivity contribution >= 4 is 23.8 Å². The number of carbonyl (C=O) groups is 4. The predicted octanol–water partition coefficient (Wildman–Crippen LogP) is 0.244. The molecule has 0 radical (unpaired) electrons. The van der Waals surface area contributed by atoms with Gasteiger partial charge in [-0.25, -0.2) is 0 Å². The Labute approximate surface area is 256 Å². The van der Waals surface area contributed by atoms with Crippen molar-refractivity contribution in [3.8, 4) is 0 Å². The molecule has 1 amide bonds. The maximum Gasteiger partial charge on any atom is 0.303 e. The summed E-state index contributed by atoms with van der Waals surface area (Å²) in [6.07, 6.45) is -5.68. The van der Waals surface area contributed by atoms with E-state index in [1.54, 1.807) is 0 Å². The maximum absolute atomic E-state index is 12.0. The SMILES string of the molecule is CC(=O)N[C@H]1[C@H](OCCOCCOCCOCC(O)OCc2ccccc2)O[C@H](COC(C)=O)[C@H](OC(C)=O)[C@@H]1OC(C)=O. The Kier molecular flexibility index (Phi) is 17.4. The van der Waals surface area contributed by atoms with E-state index in [1.165, 1.54) is 13.8 Å².